The summed E-state index contributed by atoms with van der Waals surface area (Å²) in [6, 6.07) is 5.77. The summed E-state index contributed by atoms with van der Waals surface area (Å²) in [5, 5.41) is 3.23. The van der Waals surface area contributed by atoms with E-state index in [9.17, 15) is 14.0 Å². The topological polar surface area (TPSA) is 52.7 Å². The van der Waals surface area contributed by atoms with Gasteiger partial charge in [-0.05, 0) is 44.5 Å². The number of rotatable bonds is 3. The van der Waals surface area contributed by atoms with Crippen molar-refractivity contribution < 1.29 is 14.0 Å². The number of hydrogen-bond acceptors (Lipinski definition) is 3. The summed E-state index contributed by atoms with van der Waals surface area (Å²) in [5.41, 5.74) is 0.294. The summed E-state index contributed by atoms with van der Waals surface area (Å²) < 4.78 is 13.9. The minimum absolute atomic E-state index is 0.0171. The zero-order valence-electron chi connectivity index (χ0n) is 13.3. The number of likely N-dealkylation sites (N-methyl/N-ethyl adjacent to an activating group) is 1. The highest BCUT2D eigenvalue weighted by Gasteiger charge is 2.39. The molecule has 23 heavy (non-hydrogen) atoms. The highest BCUT2D eigenvalue weighted by Crippen LogP contribution is 2.27. The van der Waals surface area contributed by atoms with Gasteiger partial charge in [-0.25, -0.2) is 4.39 Å². The summed E-state index contributed by atoms with van der Waals surface area (Å²) in [6.45, 7) is 2.11. The van der Waals surface area contributed by atoms with Gasteiger partial charge < -0.3 is 15.1 Å². The smallest absolute Gasteiger partial charge is 0.249 e. The number of piperidine rings is 1. The van der Waals surface area contributed by atoms with Gasteiger partial charge in [0.05, 0.1) is 5.69 Å². The number of para-hydroxylation sites is 1. The van der Waals surface area contributed by atoms with Crippen LogP contribution in [-0.4, -0.2) is 49.4 Å². The van der Waals surface area contributed by atoms with Gasteiger partial charge >= 0.3 is 0 Å². The van der Waals surface area contributed by atoms with E-state index in [0.717, 1.165) is 25.9 Å². The number of carbonyl (C=O) groups excluding carboxylic acids is 2. The Hall–Kier alpha value is -1.95. The SMILES string of the molecule is CN(C(=O)C1CCNCC1)C1CCN(c2ccccc2F)C1=O. The first-order chi connectivity index (χ1) is 11.1. The van der Waals surface area contributed by atoms with Crippen molar-refractivity contribution in [3.05, 3.63) is 30.1 Å². The molecular formula is C17H22FN3O2. The second kappa shape index (κ2) is 6.66. The highest BCUT2D eigenvalue weighted by molar-refractivity contribution is 6.01. The Morgan fingerprint density at radius 1 is 1.26 bits per heavy atom. The Morgan fingerprint density at radius 2 is 1.96 bits per heavy atom. The fourth-order valence-corrected chi connectivity index (χ4v) is 3.44. The predicted octanol–water partition coefficient (Wildman–Crippen LogP) is 1.39. The lowest BCUT2D eigenvalue weighted by Crippen LogP contribution is -2.47. The number of hydrogen-bond donors (Lipinski definition) is 1. The van der Waals surface area contributed by atoms with Gasteiger partial charge in [-0.3, -0.25) is 9.59 Å². The number of nitrogens with one attached hydrogen (secondary N) is 1. The second-order valence-electron chi connectivity index (χ2n) is 6.22. The molecule has 1 N–H and O–H groups in total. The Kier molecular flexibility index (Phi) is 4.61. The fourth-order valence-electron chi connectivity index (χ4n) is 3.44. The van der Waals surface area contributed by atoms with Crippen LogP contribution >= 0.6 is 0 Å². The van der Waals surface area contributed by atoms with Gasteiger partial charge in [-0.1, -0.05) is 12.1 Å². The molecule has 0 radical (unpaired) electrons. The molecule has 0 aliphatic carbocycles. The van der Waals surface area contributed by atoms with E-state index in [0.29, 0.717) is 18.7 Å². The Bertz CT molecular complexity index is 601. The Balaban J connectivity index is 1.71. The minimum Gasteiger partial charge on any atom is -0.333 e. The van der Waals surface area contributed by atoms with Gasteiger partial charge in [0.2, 0.25) is 11.8 Å². The van der Waals surface area contributed by atoms with E-state index < -0.39 is 11.9 Å². The van der Waals surface area contributed by atoms with Gasteiger partial charge in [0.25, 0.3) is 0 Å². The molecule has 5 nitrogen and oxygen atoms in total. The molecule has 2 saturated heterocycles. The number of amides is 2. The van der Waals surface area contributed by atoms with Gasteiger partial charge in [-0.2, -0.15) is 0 Å². The zero-order chi connectivity index (χ0) is 16.4. The maximum Gasteiger partial charge on any atom is 0.249 e. The lowest BCUT2D eigenvalue weighted by atomic mass is 9.96. The van der Waals surface area contributed by atoms with E-state index in [1.807, 2.05) is 0 Å². The molecule has 6 heteroatoms. The van der Waals surface area contributed by atoms with E-state index in [1.165, 1.54) is 11.0 Å². The molecule has 2 aliphatic rings. The van der Waals surface area contributed by atoms with Crippen LogP contribution in [0.3, 0.4) is 0 Å². The zero-order valence-corrected chi connectivity index (χ0v) is 13.3. The van der Waals surface area contributed by atoms with Crippen molar-refractivity contribution in [2.24, 2.45) is 5.92 Å². The van der Waals surface area contributed by atoms with Crippen LogP contribution in [0.15, 0.2) is 24.3 Å². The number of halogens is 1. The molecule has 2 fully saturated rings. The van der Waals surface area contributed by atoms with E-state index in [4.69, 9.17) is 0 Å². The van der Waals surface area contributed by atoms with E-state index in [-0.39, 0.29) is 17.7 Å². The number of carbonyl (C=O) groups is 2. The second-order valence-corrected chi connectivity index (χ2v) is 6.22. The third kappa shape index (κ3) is 3.08. The molecule has 3 rings (SSSR count). The van der Waals surface area contributed by atoms with Gasteiger partial charge in [0, 0.05) is 19.5 Å². The summed E-state index contributed by atoms with van der Waals surface area (Å²) in [7, 11) is 1.69. The maximum atomic E-state index is 13.9. The molecule has 2 aliphatic heterocycles. The average Bonchev–Trinajstić information content (AvgIpc) is 2.96. The van der Waals surface area contributed by atoms with Crippen LogP contribution in [0.2, 0.25) is 0 Å². The molecule has 2 heterocycles. The fraction of sp³-hybridized carbons (Fsp3) is 0.529. The molecule has 0 spiro atoms. The molecule has 124 valence electrons. The van der Waals surface area contributed by atoms with Crippen LogP contribution in [0.4, 0.5) is 10.1 Å². The standard InChI is InChI=1S/C17H22FN3O2/c1-20(16(22)12-6-9-19-10-7-12)15-8-11-21(17(15)23)14-5-3-2-4-13(14)18/h2-5,12,15,19H,6-11H2,1H3. The van der Waals surface area contributed by atoms with E-state index >= 15 is 0 Å². The third-order valence-corrected chi connectivity index (χ3v) is 4.82. The van der Waals surface area contributed by atoms with E-state index in [1.54, 1.807) is 30.1 Å². The van der Waals surface area contributed by atoms with Gasteiger partial charge in [0.15, 0.2) is 0 Å². The number of nitrogens with zero attached hydrogens (tertiary/aromatic N) is 2. The van der Waals surface area contributed by atoms with Crippen LogP contribution in [-0.2, 0) is 9.59 Å². The van der Waals surface area contributed by atoms with Crippen molar-refractivity contribution in [2.75, 3.05) is 31.6 Å². The monoisotopic (exact) mass is 319 g/mol. The molecule has 1 aromatic rings. The molecule has 1 aromatic carbocycles. The lowest BCUT2D eigenvalue weighted by Gasteiger charge is -2.30. The van der Waals surface area contributed by atoms with Gasteiger partial charge in [-0.15, -0.1) is 0 Å². The summed E-state index contributed by atoms with van der Waals surface area (Å²) >= 11 is 0. The van der Waals surface area contributed by atoms with Crippen LogP contribution in [0.5, 0.6) is 0 Å². The quantitative estimate of drug-likeness (QED) is 0.916. The van der Waals surface area contributed by atoms with Crippen LogP contribution in [0, 0.1) is 11.7 Å². The first-order valence-corrected chi connectivity index (χ1v) is 8.13. The Labute approximate surface area is 135 Å². The van der Waals surface area contributed by atoms with Crippen molar-refractivity contribution in [1.82, 2.24) is 10.2 Å². The maximum absolute atomic E-state index is 13.9. The lowest BCUT2D eigenvalue weighted by molar-refractivity contribution is -0.140. The molecule has 0 saturated carbocycles. The number of anilines is 1. The first-order valence-electron chi connectivity index (χ1n) is 8.13. The molecule has 1 atom stereocenters. The molecule has 0 bridgehead atoms. The van der Waals surface area contributed by atoms with Gasteiger partial charge in [0.1, 0.15) is 11.9 Å². The first kappa shape index (κ1) is 15.9. The van der Waals surface area contributed by atoms with Crippen molar-refractivity contribution in [3.63, 3.8) is 0 Å². The largest absolute Gasteiger partial charge is 0.333 e. The average molecular weight is 319 g/mol. The van der Waals surface area contributed by atoms with Crippen LogP contribution in [0.25, 0.3) is 0 Å². The minimum atomic E-state index is -0.489. The van der Waals surface area contributed by atoms with Crippen LogP contribution < -0.4 is 10.2 Å². The summed E-state index contributed by atoms with van der Waals surface area (Å²) in [6.07, 6.45) is 2.16. The summed E-state index contributed by atoms with van der Waals surface area (Å²) in [5.74, 6) is -0.592. The normalized spacial score (nSPS) is 22.4. The predicted molar refractivity (Wildman–Crippen MR) is 85.5 cm³/mol. The number of benzene rings is 1. The third-order valence-electron chi connectivity index (χ3n) is 4.82. The molecule has 2 amide bonds. The van der Waals surface area contributed by atoms with Crippen LogP contribution in [0.1, 0.15) is 19.3 Å². The highest BCUT2D eigenvalue weighted by atomic mass is 19.1. The molecule has 0 aromatic heterocycles. The van der Waals surface area contributed by atoms with Crippen molar-refractivity contribution in [3.8, 4) is 0 Å². The summed E-state index contributed by atoms with van der Waals surface area (Å²) in [4.78, 5) is 28.3. The van der Waals surface area contributed by atoms with Crippen molar-refractivity contribution in [2.45, 2.75) is 25.3 Å². The van der Waals surface area contributed by atoms with Crippen molar-refractivity contribution in [1.29, 1.82) is 0 Å². The molecule has 1 unspecified atom stereocenters. The Morgan fingerprint density at radius 3 is 2.65 bits per heavy atom. The van der Waals surface area contributed by atoms with E-state index in [2.05, 4.69) is 5.32 Å². The van der Waals surface area contributed by atoms with Crippen molar-refractivity contribution >= 4 is 17.5 Å². The molecular weight excluding hydrogens is 297 g/mol.